The minimum atomic E-state index is 1.25. The van der Waals surface area contributed by atoms with Gasteiger partial charge in [0.2, 0.25) is 0 Å². The van der Waals surface area contributed by atoms with E-state index in [4.69, 9.17) is 0 Å². The maximum absolute atomic E-state index is 2.45. The third-order valence-corrected chi connectivity index (χ3v) is 12.8. The number of benzene rings is 11. The van der Waals surface area contributed by atoms with Crippen molar-refractivity contribution in [2.75, 3.05) is 0 Å². The summed E-state index contributed by atoms with van der Waals surface area (Å²) in [7, 11) is 0. The van der Waals surface area contributed by atoms with E-state index >= 15 is 0 Å². The predicted molar refractivity (Wildman–Crippen MR) is 233 cm³/mol. The zero-order chi connectivity index (χ0) is 34.6. The zero-order valence-corrected chi connectivity index (χ0v) is 29.5. The van der Waals surface area contributed by atoms with E-state index < -0.39 is 0 Å². The average Bonchev–Trinajstić information content (AvgIpc) is 3.62. The molecule has 0 bridgehead atoms. The second-order valence-corrected chi connectivity index (χ2v) is 15.4. The number of thiophene rings is 1. The summed E-state index contributed by atoms with van der Waals surface area (Å²) >= 11 is 1.93. The molecule has 0 saturated heterocycles. The third-order valence-electron chi connectivity index (χ3n) is 11.6. The minimum absolute atomic E-state index is 1.25. The molecule has 11 aromatic carbocycles. The molecule has 244 valence electrons. The highest BCUT2D eigenvalue weighted by Gasteiger charge is 2.20. The van der Waals surface area contributed by atoms with E-state index in [1.165, 1.54) is 118 Å². The van der Waals surface area contributed by atoms with Crippen LogP contribution in [0.5, 0.6) is 0 Å². The van der Waals surface area contributed by atoms with Gasteiger partial charge in [-0.2, -0.15) is 0 Å². The maximum atomic E-state index is 2.45. The molecule has 0 aliphatic heterocycles. The molecule has 0 N–H and O–H groups in total. The molecule has 0 atom stereocenters. The molecule has 0 unspecified atom stereocenters. The fourth-order valence-corrected chi connectivity index (χ4v) is 10.7. The van der Waals surface area contributed by atoms with Gasteiger partial charge in [-0.3, -0.25) is 0 Å². The maximum Gasteiger partial charge on any atom is 0.0440 e. The summed E-state index contributed by atoms with van der Waals surface area (Å²) in [6.07, 6.45) is 0. The molecule has 0 aliphatic carbocycles. The fourth-order valence-electron chi connectivity index (χ4n) is 9.37. The van der Waals surface area contributed by atoms with Crippen LogP contribution < -0.4 is 0 Å². The van der Waals surface area contributed by atoms with Gasteiger partial charge in [0.05, 0.1) is 0 Å². The molecule has 0 spiro atoms. The Morgan fingerprint density at radius 3 is 1.09 bits per heavy atom. The molecular weight excluding hydrogens is 657 g/mol. The summed E-state index contributed by atoms with van der Waals surface area (Å²) in [6.45, 7) is 0. The van der Waals surface area contributed by atoms with Gasteiger partial charge in [-0.25, -0.2) is 0 Å². The summed E-state index contributed by atoms with van der Waals surface area (Å²) in [6, 6.07) is 67.9. The van der Waals surface area contributed by atoms with E-state index in [1.807, 2.05) is 11.3 Å². The van der Waals surface area contributed by atoms with Crippen LogP contribution in [-0.4, -0.2) is 0 Å². The first-order valence-electron chi connectivity index (χ1n) is 18.3. The highest BCUT2D eigenvalue weighted by molar-refractivity contribution is 7.27. The van der Waals surface area contributed by atoms with Gasteiger partial charge < -0.3 is 0 Å². The Labute approximate surface area is 309 Å². The van der Waals surface area contributed by atoms with Crippen molar-refractivity contribution >= 4 is 107 Å². The lowest BCUT2D eigenvalue weighted by Crippen LogP contribution is -1.91. The van der Waals surface area contributed by atoms with Crippen LogP contribution in [0, 0.1) is 0 Å². The van der Waals surface area contributed by atoms with Crippen molar-refractivity contribution in [1.82, 2.24) is 0 Å². The molecule has 12 aromatic rings. The summed E-state index contributed by atoms with van der Waals surface area (Å²) in [5.41, 5.74) is 5.09. The standard InChI is InChI=1S/C52H30S/c1-2-15-35-33(13-1)34-14-3-4-18-38(34)47-29-31(25-27-39(35)47)49-41-20-8-10-22-43(41)50(44-23-11-9-21-42(44)49)32-26-28-46-48(30-32)53-52-45-24-12-6-17-37(45)36-16-5-7-19-40(36)51(46)52/h1-30H. The molecule has 0 fully saturated rings. The summed E-state index contributed by atoms with van der Waals surface area (Å²) in [4.78, 5) is 0. The molecule has 53 heavy (non-hydrogen) atoms. The van der Waals surface area contributed by atoms with E-state index in [9.17, 15) is 0 Å². The lowest BCUT2D eigenvalue weighted by molar-refractivity contribution is 1.69. The topological polar surface area (TPSA) is 0 Å². The van der Waals surface area contributed by atoms with E-state index in [0.29, 0.717) is 0 Å². The van der Waals surface area contributed by atoms with Crippen molar-refractivity contribution in [3.05, 3.63) is 182 Å². The largest absolute Gasteiger partial charge is 0.134 e. The van der Waals surface area contributed by atoms with E-state index in [-0.39, 0.29) is 0 Å². The van der Waals surface area contributed by atoms with Gasteiger partial charge in [0, 0.05) is 25.6 Å². The van der Waals surface area contributed by atoms with E-state index in [1.54, 1.807) is 0 Å². The first-order valence-corrected chi connectivity index (χ1v) is 19.2. The molecule has 1 aromatic heterocycles. The fraction of sp³-hybridized carbons (Fsp3) is 0. The van der Waals surface area contributed by atoms with Crippen LogP contribution in [0.3, 0.4) is 0 Å². The molecule has 0 amide bonds. The molecule has 0 radical (unpaired) electrons. The number of fused-ring (bicyclic) bond motifs is 16. The Bertz CT molecular complexity index is 3420. The first-order chi connectivity index (χ1) is 26.3. The second kappa shape index (κ2) is 11.0. The molecule has 0 aliphatic rings. The Kier molecular flexibility index (Phi) is 6.03. The lowest BCUT2D eigenvalue weighted by atomic mass is 9.85. The third kappa shape index (κ3) is 4.06. The molecule has 0 saturated carbocycles. The quantitative estimate of drug-likeness (QED) is 0.125. The van der Waals surface area contributed by atoms with Crippen molar-refractivity contribution in [1.29, 1.82) is 0 Å². The SMILES string of the molecule is c1ccc2c(-c3ccc4c5ccccc5c5ccccc5c4c3)c3ccccc3c(-c3ccc4c(c3)sc3c5ccccc5c5ccccc5c43)c2c1. The van der Waals surface area contributed by atoms with Crippen LogP contribution in [0.4, 0.5) is 0 Å². The van der Waals surface area contributed by atoms with Crippen LogP contribution in [0.1, 0.15) is 0 Å². The van der Waals surface area contributed by atoms with Gasteiger partial charge in [0.15, 0.2) is 0 Å². The molecule has 1 heteroatoms. The van der Waals surface area contributed by atoms with E-state index in [0.717, 1.165) is 0 Å². The van der Waals surface area contributed by atoms with Crippen molar-refractivity contribution in [3.8, 4) is 22.3 Å². The van der Waals surface area contributed by atoms with Crippen LogP contribution >= 0.6 is 11.3 Å². The number of hydrogen-bond acceptors (Lipinski definition) is 1. The van der Waals surface area contributed by atoms with Crippen molar-refractivity contribution in [2.24, 2.45) is 0 Å². The Morgan fingerprint density at radius 2 is 0.585 bits per heavy atom. The second-order valence-electron chi connectivity index (χ2n) is 14.3. The van der Waals surface area contributed by atoms with Gasteiger partial charge in [0.25, 0.3) is 0 Å². The summed E-state index contributed by atoms with van der Waals surface area (Å²) in [5.74, 6) is 0. The van der Waals surface area contributed by atoms with Gasteiger partial charge in [-0.15, -0.1) is 11.3 Å². The van der Waals surface area contributed by atoms with Gasteiger partial charge in [0.1, 0.15) is 0 Å². The van der Waals surface area contributed by atoms with Crippen molar-refractivity contribution in [2.45, 2.75) is 0 Å². The first kappa shape index (κ1) is 29.1. The molecule has 0 nitrogen and oxygen atoms in total. The highest BCUT2D eigenvalue weighted by Crippen LogP contribution is 2.48. The molecular formula is C52H30S. The summed E-state index contributed by atoms with van der Waals surface area (Å²) < 4.78 is 2.69. The molecule has 1 heterocycles. The number of rotatable bonds is 2. The van der Waals surface area contributed by atoms with Gasteiger partial charge >= 0.3 is 0 Å². The monoisotopic (exact) mass is 686 g/mol. The van der Waals surface area contributed by atoms with Crippen LogP contribution in [0.15, 0.2) is 182 Å². The Hall–Kier alpha value is -6.54. The van der Waals surface area contributed by atoms with E-state index in [2.05, 4.69) is 182 Å². The average molecular weight is 687 g/mol. The van der Waals surface area contributed by atoms with Crippen LogP contribution in [0.2, 0.25) is 0 Å². The van der Waals surface area contributed by atoms with Gasteiger partial charge in [-0.05, 0) is 104 Å². The molecule has 12 rings (SSSR count). The normalized spacial score (nSPS) is 12.2. The van der Waals surface area contributed by atoms with Gasteiger partial charge in [-0.1, -0.05) is 170 Å². The number of hydrogen-bond donors (Lipinski definition) is 0. The van der Waals surface area contributed by atoms with Crippen molar-refractivity contribution in [3.63, 3.8) is 0 Å². The highest BCUT2D eigenvalue weighted by atomic mass is 32.1. The lowest BCUT2D eigenvalue weighted by Gasteiger charge is -2.18. The van der Waals surface area contributed by atoms with Crippen molar-refractivity contribution < 1.29 is 0 Å². The Morgan fingerprint density at radius 1 is 0.245 bits per heavy atom. The minimum Gasteiger partial charge on any atom is -0.134 e. The predicted octanol–water partition coefficient (Wildman–Crippen LogP) is 15.5. The van der Waals surface area contributed by atoms with Crippen LogP contribution in [-0.2, 0) is 0 Å². The zero-order valence-electron chi connectivity index (χ0n) is 28.7. The van der Waals surface area contributed by atoms with Crippen LogP contribution in [0.25, 0.3) is 118 Å². The Balaban J connectivity index is 1.14. The summed E-state index contributed by atoms with van der Waals surface area (Å²) in [5, 5.41) is 20.9. The smallest absolute Gasteiger partial charge is 0.0440 e.